The monoisotopic (exact) mass is 464 g/mol. The smallest absolute Gasteiger partial charge is 0.171 e. The number of carbonyl (C=O) groups is 3. The first-order valence-electron chi connectivity index (χ1n) is 13.6. The second-order valence-electron chi connectivity index (χ2n) is 15.0. The Morgan fingerprint density at radius 1 is 0.882 bits per heavy atom. The van der Waals surface area contributed by atoms with E-state index < -0.39 is 10.8 Å². The van der Waals surface area contributed by atoms with E-state index in [-0.39, 0.29) is 39.3 Å². The fourth-order valence-electron chi connectivity index (χ4n) is 9.94. The van der Waals surface area contributed by atoms with Gasteiger partial charge in [-0.15, -0.1) is 0 Å². The molecule has 3 fully saturated rings. The SMILES string of the molecule is CC1(C)CCC2(C)CCC3(C)C(C(=O)C=C4C5(C)C=C(C=O)C(=O)C(C)(C)C5CCC43C)C2C1. The van der Waals surface area contributed by atoms with Crippen LogP contribution in [0, 0.1) is 50.2 Å². The molecule has 0 N–H and O–H groups in total. The van der Waals surface area contributed by atoms with Crippen LogP contribution in [0.1, 0.15) is 100 Å². The normalized spacial score (nSPS) is 49.0. The van der Waals surface area contributed by atoms with Gasteiger partial charge in [-0.1, -0.05) is 67.0 Å². The Kier molecular flexibility index (Phi) is 4.86. The van der Waals surface area contributed by atoms with Gasteiger partial charge in [-0.2, -0.15) is 0 Å². The highest BCUT2D eigenvalue weighted by molar-refractivity contribution is 6.15. The molecule has 0 spiro atoms. The molecule has 0 heterocycles. The molecule has 0 aromatic rings. The second-order valence-corrected chi connectivity index (χ2v) is 15.0. The quantitative estimate of drug-likeness (QED) is 0.313. The van der Waals surface area contributed by atoms with E-state index in [9.17, 15) is 14.4 Å². The summed E-state index contributed by atoms with van der Waals surface area (Å²) in [5, 5.41) is 0. The fraction of sp³-hybridized carbons (Fsp3) is 0.774. The Hall–Kier alpha value is -1.51. The number of rotatable bonds is 1. The maximum Gasteiger partial charge on any atom is 0.171 e. The van der Waals surface area contributed by atoms with Gasteiger partial charge in [0.15, 0.2) is 17.9 Å². The van der Waals surface area contributed by atoms with Crippen LogP contribution in [-0.2, 0) is 14.4 Å². The highest BCUT2D eigenvalue weighted by atomic mass is 16.1. The van der Waals surface area contributed by atoms with Crippen molar-refractivity contribution < 1.29 is 14.4 Å². The van der Waals surface area contributed by atoms with Gasteiger partial charge < -0.3 is 0 Å². The molecule has 0 aliphatic heterocycles. The number of hydrogen-bond acceptors (Lipinski definition) is 3. The van der Waals surface area contributed by atoms with E-state index in [2.05, 4.69) is 41.5 Å². The third-order valence-electron chi connectivity index (χ3n) is 12.3. The number of ketones is 2. The zero-order valence-corrected chi connectivity index (χ0v) is 22.6. The van der Waals surface area contributed by atoms with E-state index in [4.69, 9.17) is 0 Å². The predicted molar refractivity (Wildman–Crippen MR) is 135 cm³/mol. The summed E-state index contributed by atoms with van der Waals surface area (Å²) < 4.78 is 0. The lowest BCUT2D eigenvalue weighted by Crippen LogP contribution is -2.64. The van der Waals surface area contributed by atoms with Gasteiger partial charge in [-0.3, -0.25) is 14.4 Å². The van der Waals surface area contributed by atoms with Crippen molar-refractivity contribution in [3.05, 3.63) is 23.3 Å². The van der Waals surface area contributed by atoms with E-state index in [1.807, 2.05) is 26.0 Å². The molecule has 0 saturated heterocycles. The third kappa shape index (κ3) is 2.79. The Morgan fingerprint density at radius 2 is 1.53 bits per heavy atom. The minimum atomic E-state index is -0.610. The van der Waals surface area contributed by atoms with Crippen LogP contribution in [0.4, 0.5) is 0 Å². The maximum atomic E-state index is 14.2. The highest BCUT2D eigenvalue weighted by Crippen LogP contribution is 2.74. The van der Waals surface area contributed by atoms with Crippen molar-refractivity contribution in [2.45, 2.75) is 100 Å². The summed E-state index contributed by atoms with van der Waals surface area (Å²) in [5.41, 5.74) is 0.756. The molecular formula is C31H44O3. The van der Waals surface area contributed by atoms with E-state index in [0.29, 0.717) is 17.3 Å². The third-order valence-corrected chi connectivity index (χ3v) is 12.3. The molecule has 5 aliphatic rings. The molecule has 0 aromatic carbocycles. The van der Waals surface area contributed by atoms with Crippen molar-refractivity contribution in [2.24, 2.45) is 50.2 Å². The van der Waals surface area contributed by atoms with Crippen molar-refractivity contribution in [3.63, 3.8) is 0 Å². The zero-order chi connectivity index (χ0) is 25.1. The van der Waals surface area contributed by atoms with Gasteiger partial charge in [-0.25, -0.2) is 0 Å². The van der Waals surface area contributed by atoms with E-state index >= 15 is 0 Å². The van der Waals surface area contributed by atoms with Crippen LogP contribution in [0.2, 0.25) is 0 Å². The molecule has 0 amide bonds. The standard InChI is InChI=1S/C31H44O3/c1-26(2)11-12-28(5)13-14-31(8)24(20(28)17-26)21(33)15-23-29(6)16-19(18-32)25(34)27(3,4)22(29)9-10-30(23,31)7/h15-16,18,20,22,24H,9-14,17H2,1-8H3. The minimum Gasteiger partial charge on any atom is -0.298 e. The second kappa shape index (κ2) is 6.83. The summed E-state index contributed by atoms with van der Waals surface area (Å²) in [6.07, 6.45) is 12.5. The van der Waals surface area contributed by atoms with Crippen LogP contribution in [-0.4, -0.2) is 17.9 Å². The van der Waals surface area contributed by atoms with Gasteiger partial charge in [0.2, 0.25) is 0 Å². The van der Waals surface area contributed by atoms with Crippen LogP contribution in [0.5, 0.6) is 0 Å². The number of fused-ring (bicyclic) bond motifs is 7. The lowest BCUT2D eigenvalue weighted by Gasteiger charge is -2.69. The molecule has 3 nitrogen and oxygen atoms in total. The van der Waals surface area contributed by atoms with E-state index in [1.54, 1.807) is 0 Å². The number of Topliss-reactive ketones (excluding diaryl/α,β-unsaturated/α-hetero) is 1. The van der Waals surface area contributed by atoms with Crippen molar-refractivity contribution >= 4 is 17.9 Å². The summed E-state index contributed by atoms with van der Waals surface area (Å²) in [5.74, 6) is 0.853. The van der Waals surface area contributed by atoms with Gasteiger partial charge in [0, 0.05) is 16.7 Å². The van der Waals surface area contributed by atoms with Crippen molar-refractivity contribution in [1.29, 1.82) is 0 Å². The van der Waals surface area contributed by atoms with Gasteiger partial charge in [0.1, 0.15) is 0 Å². The molecule has 7 atom stereocenters. The van der Waals surface area contributed by atoms with Gasteiger partial charge >= 0.3 is 0 Å². The van der Waals surface area contributed by atoms with Gasteiger partial charge in [0.05, 0.1) is 5.57 Å². The molecule has 0 aromatic heterocycles. The molecule has 34 heavy (non-hydrogen) atoms. The number of carbonyl (C=O) groups excluding carboxylic acids is 3. The summed E-state index contributed by atoms with van der Waals surface area (Å²) in [6, 6.07) is 0. The Morgan fingerprint density at radius 3 is 2.18 bits per heavy atom. The number of aldehydes is 1. The molecule has 186 valence electrons. The van der Waals surface area contributed by atoms with Crippen LogP contribution >= 0.6 is 0 Å². The first-order chi connectivity index (χ1) is 15.6. The van der Waals surface area contributed by atoms with E-state index in [1.165, 1.54) is 24.8 Å². The van der Waals surface area contributed by atoms with Crippen LogP contribution in [0.25, 0.3) is 0 Å². The Labute approximate surface area is 206 Å². The molecule has 3 saturated carbocycles. The van der Waals surface area contributed by atoms with Crippen LogP contribution < -0.4 is 0 Å². The molecule has 3 heteroatoms. The summed E-state index contributed by atoms with van der Waals surface area (Å²) in [7, 11) is 0. The average Bonchev–Trinajstić information content (AvgIpc) is 2.74. The Balaban J connectivity index is 1.69. The van der Waals surface area contributed by atoms with Crippen molar-refractivity contribution in [2.75, 3.05) is 0 Å². The maximum absolute atomic E-state index is 14.2. The largest absolute Gasteiger partial charge is 0.298 e. The lowest BCUT2D eigenvalue weighted by molar-refractivity contribution is -0.168. The highest BCUT2D eigenvalue weighted by Gasteiger charge is 2.69. The first-order valence-corrected chi connectivity index (χ1v) is 13.6. The van der Waals surface area contributed by atoms with E-state index in [0.717, 1.165) is 32.0 Å². The van der Waals surface area contributed by atoms with Gasteiger partial charge in [-0.05, 0) is 84.5 Å². The van der Waals surface area contributed by atoms with Crippen LogP contribution in [0.3, 0.4) is 0 Å². The average molecular weight is 465 g/mol. The minimum absolute atomic E-state index is 0.0433. The number of hydrogen-bond donors (Lipinski definition) is 0. The van der Waals surface area contributed by atoms with Crippen molar-refractivity contribution in [1.82, 2.24) is 0 Å². The lowest BCUT2D eigenvalue weighted by atomic mass is 9.34. The topological polar surface area (TPSA) is 51.2 Å². The first kappa shape index (κ1) is 24.2. The summed E-state index contributed by atoms with van der Waals surface area (Å²) in [6.45, 7) is 18.2. The summed E-state index contributed by atoms with van der Waals surface area (Å²) in [4.78, 5) is 39.3. The molecule has 7 unspecified atom stereocenters. The molecule has 5 rings (SSSR count). The molecule has 5 aliphatic carbocycles. The molecule has 0 radical (unpaired) electrons. The predicted octanol–water partition coefficient (Wildman–Crippen LogP) is 6.90. The van der Waals surface area contributed by atoms with Crippen LogP contribution in [0.15, 0.2) is 23.3 Å². The fourth-order valence-corrected chi connectivity index (χ4v) is 9.94. The number of allylic oxidation sites excluding steroid dienone is 4. The Bertz CT molecular complexity index is 1040. The molecule has 0 bridgehead atoms. The zero-order valence-electron chi connectivity index (χ0n) is 22.6. The van der Waals surface area contributed by atoms with Crippen molar-refractivity contribution in [3.8, 4) is 0 Å². The summed E-state index contributed by atoms with van der Waals surface area (Å²) >= 11 is 0. The van der Waals surface area contributed by atoms with Gasteiger partial charge in [0.25, 0.3) is 0 Å². The molecular weight excluding hydrogens is 420 g/mol.